The van der Waals surface area contributed by atoms with Crippen LogP contribution in [0.4, 0.5) is 0 Å². The molecule has 0 saturated carbocycles. The summed E-state index contributed by atoms with van der Waals surface area (Å²) < 4.78 is 13.4. The molecule has 0 radical (unpaired) electrons. The Kier molecular flexibility index (Phi) is 6.64. The topological polar surface area (TPSA) is 104 Å². The maximum atomic E-state index is 13.6. The number of carbonyl (C=O) groups is 2. The first-order valence-corrected chi connectivity index (χ1v) is 14.0. The van der Waals surface area contributed by atoms with E-state index in [1.807, 2.05) is 87.2 Å². The van der Waals surface area contributed by atoms with Crippen molar-refractivity contribution in [2.45, 2.75) is 44.8 Å². The van der Waals surface area contributed by atoms with Gasteiger partial charge in [-0.25, -0.2) is 0 Å². The lowest BCUT2D eigenvalue weighted by atomic mass is 9.97. The molecule has 1 aliphatic heterocycles. The lowest BCUT2D eigenvalue weighted by Crippen LogP contribution is -2.48. The molecule has 2 N–H and O–H groups in total. The van der Waals surface area contributed by atoms with Crippen LogP contribution < -0.4 is 5.73 Å². The Hall–Kier alpha value is -4.08. The van der Waals surface area contributed by atoms with Crippen LogP contribution in [0.2, 0.25) is 0 Å². The summed E-state index contributed by atoms with van der Waals surface area (Å²) >= 11 is 1.54. The van der Waals surface area contributed by atoms with Gasteiger partial charge in [-0.1, -0.05) is 23.4 Å². The summed E-state index contributed by atoms with van der Waals surface area (Å²) in [6.07, 6.45) is -0.0744. The van der Waals surface area contributed by atoms with E-state index in [2.05, 4.69) is 9.13 Å². The Morgan fingerprint density at radius 2 is 1.70 bits per heavy atom. The molecule has 1 aliphatic rings. The quantitative estimate of drug-likeness (QED) is 0.287. The predicted octanol–water partition coefficient (Wildman–Crippen LogP) is 5.97. The van der Waals surface area contributed by atoms with Crippen molar-refractivity contribution in [2.24, 2.45) is 5.73 Å². The van der Waals surface area contributed by atoms with Crippen molar-refractivity contribution in [1.29, 1.82) is 0 Å². The molecule has 8 nitrogen and oxygen atoms in total. The Balaban J connectivity index is 1.60. The second-order valence-corrected chi connectivity index (χ2v) is 11.4. The van der Waals surface area contributed by atoms with Crippen LogP contribution in [-0.2, 0) is 4.74 Å². The molecule has 0 bridgehead atoms. The maximum Gasteiger partial charge on any atom is 0.254 e. The first-order chi connectivity index (χ1) is 19.2. The van der Waals surface area contributed by atoms with Crippen LogP contribution in [0, 0.1) is 13.8 Å². The number of aryl methyl sites for hydroxylation is 2. The molecule has 40 heavy (non-hydrogen) atoms. The van der Waals surface area contributed by atoms with Crippen LogP contribution in [0.3, 0.4) is 0 Å². The highest BCUT2D eigenvalue weighted by Crippen LogP contribution is 2.41. The minimum atomic E-state index is -0.546. The summed E-state index contributed by atoms with van der Waals surface area (Å²) in [6.45, 7) is 8.73. The van der Waals surface area contributed by atoms with Gasteiger partial charge in [0.1, 0.15) is 5.76 Å². The average molecular weight is 555 g/mol. The molecule has 0 aliphatic carbocycles. The number of carbonyl (C=O) groups excluding carboxylic acids is 2. The van der Waals surface area contributed by atoms with Gasteiger partial charge in [0.05, 0.1) is 28.9 Å². The van der Waals surface area contributed by atoms with Crippen molar-refractivity contribution in [3.63, 3.8) is 0 Å². The molecule has 6 rings (SSSR count). The van der Waals surface area contributed by atoms with E-state index in [9.17, 15) is 9.59 Å². The molecule has 3 aromatic carbocycles. The molecule has 2 aromatic heterocycles. The molecule has 1 saturated heterocycles. The number of nitrogens with zero attached hydrogens (tertiary/aromatic N) is 3. The third-order valence-electron chi connectivity index (χ3n) is 7.30. The number of amides is 2. The minimum absolute atomic E-state index is 0.0372. The SMILES string of the molecule is Cc1noc(C)c1-c1cc(C(N)=O)c2c3cc(C(=O)N4CC(C)OC(C)C4)ccc3n(Sc3ccccc3)c2c1. The van der Waals surface area contributed by atoms with Crippen molar-refractivity contribution in [3.8, 4) is 11.1 Å². The number of rotatable bonds is 5. The molecule has 2 unspecified atom stereocenters. The highest BCUT2D eigenvalue weighted by Gasteiger charge is 2.28. The summed E-state index contributed by atoms with van der Waals surface area (Å²) in [5.41, 5.74) is 11.0. The molecule has 9 heteroatoms. The van der Waals surface area contributed by atoms with E-state index >= 15 is 0 Å². The summed E-state index contributed by atoms with van der Waals surface area (Å²) in [5, 5.41) is 5.61. The number of morpholine rings is 1. The van der Waals surface area contributed by atoms with E-state index in [1.54, 1.807) is 18.0 Å². The monoisotopic (exact) mass is 554 g/mol. The maximum absolute atomic E-state index is 13.6. The Morgan fingerprint density at radius 3 is 2.35 bits per heavy atom. The van der Waals surface area contributed by atoms with Gasteiger partial charge < -0.3 is 19.9 Å². The third-order valence-corrected chi connectivity index (χ3v) is 8.36. The summed E-state index contributed by atoms with van der Waals surface area (Å²) in [6, 6.07) is 19.6. The Labute approximate surface area is 236 Å². The second-order valence-electron chi connectivity index (χ2n) is 10.4. The van der Waals surface area contributed by atoms with Gasteiger partial charge in [0.15, 0.2) is 0 Å². The minimum Gasteiger partial charge on any atom is -0.372 e. The smallest absolute Gasteiger partial charge is 0.254 e. The molecule has 3 heterocycles. The van der Waals surface area contributed by atoms with Crippen molar-refractivity contribution < 1.29 is 18.8 Å². The molecule has 0 spiro atoms. The van der Waals surface area contributed by atoms with Crippen LogP contribution >= 0.6 is 11.9 Å². The summed E-state index contributed by atoms with van der Waals surface area (Å²) in [4.78, 5) is 29.4. The van der Waals surface area contributed by atoms with Crippen LogP contribution in [0.5, 0.6) is 0 Å². The third kappa shape index (κ3) is 4.55. The van der Waals surface area contributed by atoms with E-state index in [0.29, 0.717) is 35.4 Å². The summed E-state index contributed by atoms with van der Waals surface area (Å²) in [7, 11) is 0. The molecule has 5 aromatic rings. The number of hydrogen-bond donors (Lipinski definition) is 1. The number of primary amides is 1. The lowest BCUT2D eigenvalue weighted by molar-refractivity contribution is -0.0586. The number of aromatic nitrogens is 2. The van der Waals surface area contributed by atoms with Gasteiger partial charge in [-0.05, 0) is 87.7 Å². The average Bonchev–Trinajstić information content (AvgIpc) is 3.43. The number of ether oxygens (including phenoxy) is 1. The van der Waals surface area contributed by atoms with E-state index in [-0.39, 0.29) is 18.1 Å². The molecular formula is C31H30N4O4S. The van der Waals surface area contributed by atoms with Gasteiger partial charge in [0, 0.05) is 45.4 Å². The first kappa shape index (κ1) is 26.2. The zero-order valence-electron chi connectivity index (χ0n) is 22.8. The van der Waals surface area contributed by atoms with Crippen LogP contribution in [0.25, 0.3) is 32.9 Å². The first-order valence-electron chi connectivity index (χ1n) is 13.2. The fourth-order valence-corrected chi connectivity index (χ4v) is 6.68. The number of hydrogen-bond acceptors (Lipinski definition) is 6. The lowest BCUT2D eigenvalue weighted by Gasteiger charge is -2.35. The second kappa shape index (κ2) is 10.1. The molecule has 1 fully saturated rings. The van der Waals surface area contributed by atoms with E-state index < -0.39 is 5.91 Å². The standard InChI is InChI=1S/C31H30N4O4S/c1-17-15-34(16-18(2)38-17)31(37)21-10-11-26-24(12-21)29-25(30(32)36)13-22(28-19(3)33-39-20(28)4)14-27(29)35(26)40-23-8-6-5-7-9-23/h5-14,17-18H,15-16H2,1-4H3,(H2,32,36). The van der Waals surface area contributed by atoms with Crippen LogP contribution in [0.1, 0.15) is 46.0 Å². The zero-order valence-corrected chi connectivity index (χ0v) is 23.6. The molecule has 2 amide bonds. The van der Waals surface area contributed by atoms with Crippen molar-refractivity contribution in [2.75, 3.05) is 13.1 Å². The largest absolute Gasteiger partial charge is 0.372 e. The van der Waals surface area contributed by atoms with E-state index in [4.69, 9.17) is 15.0 Å². The Bertz CT molecular complexity index is 1750. The van der Waals surface area contributed by atoms with Crippen molar-refractivity contribution in [1.82, 2.24) is 14.0 Å². The van der Waals surface area contributed by atoms with Crippen LogP contribution in [-0.4, -0.2) is 51.1 Å². The van der Waals surface area contributed by atoms with Gasteiger partial charge in [-0.2, -0.15) is 0 Å². The van der Waals surface area contributed by atoms with Crippen LogP contribution in [0.15, 0.2) is 70.1 Å². The fraction of sp³-hybridized carbons (Fsp3) is 0.258. The predicted molar refractivity (Wildman–Crippen MR) is 157 cm³/mol. The molecule has 204 valence electrons. The molecular weight excluding hydrogens is 524 g/mol. The summed E-state index contributed by atoms with van der Waals surface area (Å²) in [5.74, 6) is 0.0518. The van der Waals surface area contributed by atoms with Gasteiger partial charge in [0.2, 0.25) is 5.91 Å². The van der Waals surface area contributed by atoms with Gasteiger partial charge in [-0.15, -0.1) is 0 Å². The Morgan fingerprint density at radius 1 is 0.975 bits per heavy atom. The van der Waals surface area contributed by atoms with Gasteiger partial charge in [-0.3, -0.25) is 13.6 Å². The van der Waals surface area contributed by atoms with E-state index in [0.717, 1.165) is 38.1 Å². The number of fused-ring (bicyclic) bond motifs is 3. The molecule has 2 atom stereocenters. The number of nitrogens with two attached hydrogens (primary N) is 1. The normalized spacial score (nSPS) is 17.6. The highest BCUT2D eigenvalue weighted by atomic mass is 32.2. The zero-order chi connectivity index (χ0) is 28.1. The number of benzene rings is 3. The van der Waals surface area contributed by atoms with E-state index in [1.165, 1.54) is 0 Å². The highest BCUT2D eigenvalue weighted by molar-refractivity contribution is 7.98. The van der Waals surface area contributed by atoms with Gasteiger partial charge in [0.25, 0.3) is 5.91 Å². The fourth-order valence-electron chi connectivity index (χ4n) is 5.69. The van der Waals surface area contributed by atoms with Crippen molar-refractivity contribution in [3.05, 3.63) is 83.2 Å². The van der Waals surface area contributed by atoms with Gasteiger partial charge >= 0.3 is 0 Å². The van der Waals surface area contributed by atoms with Crippen molar-refractivity contribution >= 4 is 45.6 Å².